The Morgan fingerprint density at radius 2 is 1.62 bits per heavy atom. The van der Waals surface area contributed by atoms with E-state index in [-0.39, 0.29) is 15.1 Å². The Kier molecular flexibility index (Phi) is 2.68. The van der Waals surface area contributed by atoms with E-state index in [0.29, 0.717) is 0 Å². The molecule has 2 atom stereocenters. The fraction of sp³-hybridized carbons (Fsp3) is 0.538. The van der Waals surface area contributed by atoms with Crippen molar-refractivity contribution in [1.29, 1.82) is 0 Å². The van der Waals surface area contributed by atoms with Crippen LogP contribution in [0.4, 0.5) is 0 Å². The van der Waals surface area contributed by atoms with Crippen LogP contribution in [0.5, 0.6) is 0 Å². The van der Waals surface area contributed by atoms with E-state index < -0.39 is 7.14 Å². The molecule has 0 N–H and O–H groups in total. The summed E-state index contributed by atoms with van der Waals surface area (Å²) in [6.07, 6.45) is 0. The Hall–Kier alpha value is -0.0700. The first-order valence-corrected chi connectivity index (χ1v) is 8.25. The van der Waals surface area contributed by atoms with Crippen LogP contribution in [0.2, 0.25) is 0 Å². The van der Waals surface area contributed by atoms with Crippen LogP contribution in [0.25, 0.3) is 0 Å². The Labute approximate surface area is 106 Å². The molecule has 1 nitrogen and oxygen atoms in total. The van der Waals surface area contributed by atoms with Crippen molar-refractivity contribution in [3.05, 3.63) is 30.3 Å². The highest BCUT2D eigenvalue weighted by Crippen LogP contribution is 2.82. The molecule has 2 rings (SSSR count). The molecule has 1 aliphatic rings. The van der Waals surface area contributed by atoms with Crippen LogP contribution >= 0.6 is 23.1 Å². The minimum absolute atomic E-state index is 0.0678. The molecule has 0 bridgehead atoms. The van der Waals surface area contributed by atoms with Crippen LogP contribution in [0.15, 0.2) is 30.3 Å². The van der Waals surface area contributed by atoms with E-state index in [9.17, 15) is 4.57 Å². The van der Waals surface area contributed by atoms with Crippen LogP contribution in [-0.2, 0) is 4.57 Å². The lowest BCUT2D eigenvalue weighted by atomic mass is 9.80. The maximum absolute atomic E-state index is 13.2. The molecule has 1 aromatic rings. The van der Waals surface area contributed by atoms with Gasteiger partial charge in [0.05, 0.1) is 4.57 Å². The second kappa shape index (κ2) is 3.46. The highest BCUT2D eigenvalue weighted by atomic mass is 79.9. The fourth-order valence-corrected chi connectivity index (χ4v) is 9.59. The van der Waals surface area contributed by atoms with Gasteiger partial charge >= 0.3 is 0 Å². The standard InChI is InChI=1S/C13H18BrOP/c1-12(2)11(14)16(15,13(12,3)4)10-8-6-5-7-9-10/h5-9,11H,1-4H3. The lowest BCUT2D eigenvalue weighted by molar-refractivity contribution is 0.244. The van der Waals surface area contributed by atoms with Gasteiger partial charge in [-0.25, -0.2) is 0 Å². The van der Waals surface area contributed by atoms with Crippen molar-refractivity contribution >= 4 is 28.4 Å². The molecule has 1 aliphatic heterocycles. The summed E-state index contributed by atoms with van der Waals surface area (Å²) in [7, 11) is -2.34. The molecule has 0 spiro atoms. The first kappa shape index (κ1) is 12.4. The molecule has 1 aromatic carbocycles. The molecule has 1 heterocycles. The summed E-state index contributed by atoms with van der Waals surface area (Å²) in [5.74, 6) is 0. The Bertz CT molecular complexity index is 450. The Morgan fingerprint density at radius 3 is 2.06 bits per heavy atom. The predicted octanol–water partition coefficient (Wildman–Crippen LogP) is 4.21. The quantitative estimate of drug-likeness (QED) is 0.561. The molecule has 88 valence electrons. The zero-order chi connectivity index (χ0) is 12.2. The topological polar surface area (TPSA) is 17.1 Å². The number of alkyl halides is 1. The smallest absolute Gasteiger partial charge is 0.135 e. The van der Waals surface area contributed by atoms with Crippen molar-refractivity contribution < 1.29 is 4.57 Å². The van der Waals surface area contributed by atoms with E-state index in [1.54, 1.807) is 0 Å². The van der Waals surface area contributed by atoms with Gasteiger partial charge < -0.3 is 4.57 Å². The van der Waals surface area contributed by atoms with Crippen molar-refractivity contribution in [2.24, 2.45) is 5.41 Å². The van der Waals surface area contributed by atoms with Gasteiger partial charge in [0.1, 0.15) is 7.14 Å². The molecule has 1 fully saturated rings. The van der Waals surface area contributed by atoms with Crippen LogP contribution in [0, 0.1) is 5.41 Å². The summed E-state index contributed by atoms with van der Waals surface area (Å²) in [6, 6.07) is 9.89. The first-order chi connectivity index (χ1) is 7.26. The van der Waals surface area contributed by atoms with Crippen LogP contribution in [0.1, 0.15) is 27.7 Å². The number of hydrogen-bond acceptors (Lipinski definition) is 1. The van der Waals surface area contributed by atoms with Crippen LogP contribution in [-0.4, -0.2) is 9.72 Å². The lowest BCUT2D eigenvalue weighted by Gasteiger charge is -2.62. The van der Waals surface area contributed by atoms with E-state index in [0.717, 1.165) is 5.30 Å². The lowest BCUT2D eigenvalue weighted by Crippen LogP contribution is -2.59. The van der Waals surface area contributed by atoms with Gasteiger partial charge in [-0.05, 0) is 5.41 Å². The van der Waals surface area contributed by atoms with Gasteiger partial charge in [0.15, 0.2) is 0 Å². The maximum Gasteiger partial charge on any atom is 0.135 e. The van der Waals surface area contributed by atoms with Gasteiger partial charge in [0.2, 0.25) is 0 Å². The number of benzene rings is 1. The largest absolute Gasteiger partial charge is 0.317 e. The summed E-state index contributed by atoms with van der Waals surface area (Å²) in [5.41, 5.74) is 0.0678. The van der Waals surface area contributed by atoms with Crippen molar-refractivity contribution in [3.63, 3.8) is 0 Å². The summed E-state index contributed by atoms with van der Waals surface area (Å²) < 4.78 is 13.3. The number of rotatable bonds is 1. The van der Waals surface area contributed by atoms with Gasteiger partial charge in [-0.3, -0.25) is 0 Å². The third-order valence-electron chi connectivity index (χ3n) is 4.46. The molecule has 16 heavy (non-hydrogen) atoms. The van der Waals surface area contributed by atoms with E-state index >= 15 is 0 Å². The summed E-state index contributed by atoms with van der Waals surface area (Å²) in [5, 5.41) is 0.858. The molecule has 1 saturated heterocycles. The first-order valence-electron chi connectivity index (χ1n) is 5.56. The van der Waals surface area contributed by atoms with Gasteiger partial charge in [-0.2, -0.15) is 0 Å². The highest BCUT2D eigenvalue weighted by Gasteiger charge is 2.69. The monoisotopic (exact) mass is 300 g/mol. The third kappa shape index (κ3) is 1.21. The molecule has 0 saturated carbocycles. The molecule has 0 radical (unpaired) electrons. The number of halogens is 1. The molecule has 0 amide bonds. The van der Waals surface area contributed by atoms with E-state index in [1.165, 1.54) is 0 Å². The molecule has 2 unspecified atom stereocenters. The van der Waals surface area contributed by atoms with Crippen molar-refractivity contribution in [3.8, 4) is 0 Å². The Morgan fingerprint density at radius 1 is 1.12 bits per heavy atom. The second-order valence-electron chi connectivity index (χ2n) is 5.61. The second-order valence-corrected chi connectivity index (χ2v) is 10.7. The summed E-state index contributed by atoms with van der Waals surface area (Å²) in [6.45, 7) is 8.62. The zero-order valence-electron chi connectivity index (χ0n) is 10.2. The average molecular weight is 301 g/mol. The van der Waals surface area contributed by atoms with Gasteiger partial charge in [-0.15, -0.1) is 0 Å². The van der Waals surface area contributed by atoms with Crippen molar-refractivity contribution in [1.82, 2.24) is 0 Å². The van der Waals surface area contributed by atoms with E-state index in [4.69, 9.17) is 0 Å². The molecule has 0 aliphatic carbocycles. The Balaban J connectivity index is 2.55. The van der Waals surface area contributed by atoms with Gasteiger partial charge in [-0.1, -0.05) is 74.0 Å². The van der Waals surface area contributed by atoms with E-state index in [2.05, 4.69) is 43.6 Å². The van der Waals surface area contributed by atoms with E-state index in [1.807, 2.05) is 30.3 Å². The molecular formula is C13H18BrOP. The van der Waals surface area contributed by atoms with Crippen LogP contribution < -0.4 is 5.30 Å². The predicted molar refractivity (Wildman–Crippen MR) is 74.3 cm³/mol. The average Bonchev–Trinajstić information content (AvgIpc) is 2.27. The van der Waals surface area contributed by atoms with Crippen molar-refractivity contribution in [2.45, 2.75) is 37.4 Å². The minimum atomic E-state index is -2.34. The van der Waals surface area contributed by atoms with Gasteiger partial charge in [0.25, 0.3) is 0 Å². The zero-order valence-corrected chi connectivity index (χ0v) is 12.7. The molecule has 0 aromatic heterocycles. The van der Waals surface area contributed by atoms with Crippen molar-refractivity contribution in [2.75, 3.05) is 0 Å². The maximum atomic E-state index is 13.2. The molecule has 3 heteroatoms. The highest BCUT2D eigenvalue weighted by molar-refractivity contribution is 9.11. The number of hydrogen-bond donors (Lipinski definition) is 0. The third-order valence-corrected chi connectivity index (χ3v) is 11.9. The SMILES string of the molecule is CC1(C)C(Br)P(=O)(c2ccccc2)C1(C)C. The summed E-state index contributed by atoms with van der Waals surface area (Å²) >= 11 is 3.65. The van der Waals surface area contributed by atoms with Gasteiger partial charge in [0, 0.05) is 10.5 Å². The fourth-order valence-electron chi connectivity index (χ4n) is 2.49. The summed E-state index contributed by atoms with van der Waals surface area (Å²) in [4.78, 5) is 0. The van der Waals surface area contributed by atoms with Crippen LogP contribution in [0.3, 0.4) is 0 Å². The normalized spacial score (nSPS) is 35.4. The minimum Gasteiger partial charge on any atom is -0.317 e. The molecular weight excluding hydrogens is 283 g/mol.